The minimum absolute atomic E-state index is 0.202. The molecule has 7 heteroatoms. The molecule has 0 radical (unpaired) electrons. The monoisotopic (exact) mass is 286 g/mol. The fraction of sp³-hybridized carbons (Fsp3) is 0.583. The molecular weight excluding hydrogens is 268 g/mol. The fourth-order valence-corrected chi connectivity index (χ4v) is 1.76. The number of hydrogen-bond donors (Lipinski definition) is 0. The highest BCUT2D eigenvalue weighted by Gasteiger charge is 2.18. The molecule has 1 fully saturated rings. The summed E-state index contributed by atoms with van der Waals surface area (Å²) in [6.07, 6.45) is 5.73. The molecule has 0 aromatic rings. The Labute approximate surface area is 113 Å². The van der Waals surface area contributed by atoms with Crippen molar-refractivity contribution in [1.82, 2.24) is 4.90 Å². The second kappa shape index (κ2) is 7.28. The second-order valence-corrected chi connectivity index (χ2v) is 6.25. The molecule has 0 aromatic heterocycles. The van der Waals surface area contributed by atoms with E-state index in [9.17, 15) is 8.42 Å². The van der Waals surface area contributed by atoms with Gasteiger partial charge in [0.05, 0.1) is 19.8 Å². The maximum Gasteiger partial charge on any atom is 0.185 e. The molecule has 0 aliphatic carbocycles. The average molecular weight is 286 g/mol. The zero-order valence-corrected chi connectivity index (χ0v) is 11.9. The van der Waals surface area contributed by atoms with E-state index in [2.05, 4.69) is 0 Å². The highest BCUT2D eigenvalue weighted by Crippen LogP contribution is 2.05. The molecule has 0 aromatic carbocycles. The van der Waals surface area contributed by atoms with Crippen molar-refractivity contribution in [1.29, 1.82) is 5.26 Å². The molecule has 0 N–H and O–H groups in total. The van der Waals surface area contributed by atoms with Crippen LogP contribution in [0.5, 0.6) is 0 Å². The lowest BCUT2D eigenvalue weighted by atomic mass is 10.3. The van der Waals surface area contributed by atoms with Gasteiger partial charge in [0.1, 0.15) is 17.1 Å². The number of allylic oxidation sites excluding steroid dienone is 3. The molecule has 1 heterocycles. The van der Waals surface area contributed by atoms with E-state index in [4.69, 9.17) is 14.7 Å². The number of ether oxygens (including phenoxy) is 2. The van der Waals surface area contributed by atoms with Crippen LogP contribution < -0.4 is 0 Å². The van der Waals surface area contributed by atoms with Gasteiger partial charge in [-0.2, -0.15) is 5.26 Å². The normalized spacial score (nSPS) is 17.2. The highest BCUT2D eigenvalue weighted by molar-refractivity contribution is 7.94. The Kier molecular flexibility index (Phi) is 6.02. The molecule has 0 atom stereocenters. The van der Waals surface area contributed by atoms with Crippen LogP contribution in [0.2, 0.25) is 0 Å². The van der Waals surface area contributed by atoms with Gasteiger partial charge >= 0.3 is 0 Å². The molecule has 106 valence electrons. The van der Waals surface area contributed by atoms with Crippen LogP contribution in [-0.2, 0) is 19.3 Å². The van der Waals surface area contributed by atoms with Gasteiger partial charge in [0.15, 0.2) is 9.84 Å². The van der Waals surface area contributed by atoms with E-state index in [1.807, 2.05) is 11.9 Å². The first-order chi connectivity index (χ1) is 8.93. The predicted molar refractivity (Wildman–Crippen MR) is 70.9 cm³/mol. The first kappa shape index (κ1) is 15.7. The zero-order chi connectivity index (χ0) is 14.3. The van der Waals surface area contributed by atoms with E-state index in [0.29, 0.717) is 26.4 Å². The van der Waals surface area contributed by atoms with Crippen molar-refractivity contribution in [2.45, 2.75) is 6.10 Å². The van der Waals surface area contributed by atoms with Gasteiger partial charge in [-0.25, -0.2) is 8.42 Å². The van der Waals surface area contributed by atoms with E-state index in [1.165, 1.54) is 12.2 Å². The topological polar surface area (TPSA) is 79.6 Å². The van der Waals surface area contributed by atoms with Crippen molar-refractivity contribution in [3.8, 4) is 6.07 Å². The lowest BCUT2D eigenvalue weighted by Crippen LogP contribution is -2.37. The molecule has 6 nitrogen and oxygen atoms in total. The first-order valence-electron chi connectivity index (χ1n) is 5.81. The molecule has 19 heavy (non-hydrogen) atoms. The fourth-order valence-electron chi connectivity index (χ4n) is 1.27. The SMILES string of the molecule is CN(C=CC=C(C#N)S(C)(=O)=O)CCOC1COC1. The Morgan fingerprint density at radius 1 is 1.58 bits per heavy atom. The van der Waals surface area contributed by atoms with Crippen molar-refractivity contribution >= 4 is 9.84 Å². The van der Waals surface area contributed by atoms with Crippen molar-refractivity contribution < 1.29 is 17.9 Å². The lowest BCUT2D eigenvalue weighted by molar-refractivity contribution is -0.130. The van der Waals surface area contributed by atoms with Crippen LogP contribution >= 0.6 is 0 Å². The smallest absolute Gasteiger partial charge is 0.185 e. The Morgan fingerprint density at radius 2 is 2.26 bits per heavy atom. The van der Waals surface area contributed by atoms with Gasteiger partial charge in [0, 0.05) is 19.8 Å². The zero-order valence-electron chi connectivity index (χ0n) is 11.1. The molecule has 0 saturated carbocycles. The molecule has 1 aliphatic heterocycles. The van der Waals surface area contributed by atoms with Crippen molar-refractivity contribution in [3.63, 3.8) is 0 Å². The van der Waals surface area contributed by atoms with Crippen LogP contribution in [0.25, 0.3) is 0 Å². The molecule has 0 bridgehead atoms. The number of nitrogens with zero attached hydrogens (tertiary/aromatic N) is 2. The minimum atomic E-state index is -3.45. The van der Waals surface area contributed by atoms with Gasteiger partial charge < -0.3 is 14.4 Å². The summed E-state index contributed by atoms with van der Waals surface area (Å²) >= 11 is 0. The molecule has 0 amide bonds. The summed E-state index contributed by atoms with van der Waals surface area (Å²) in [4.78, 5) is 1.60. The number of sulfone groups is 1. The maximum atomic E-state index is 11.2. The first-order valence-corrected chi connectivity index (χ1v) is 7.71. The Bertz CT molecular complexity index is 486. The van der Waals surface area contributed by atoms with E-state index >= 15 is 0 Å². The summed E-state index contributed by atoms with van der Waals surface area (Å²) in [6, 6.07) is 1.65. The third kappa shape index (κ3) is 5.87. The van der Waals surface area contributed by atoms with Crippen LogP contribution in [-0.4, -0.2) is 59.1 Å². The summed E-state index contributed by atoms with van der Waals surface area (Å²) in [5, 5.41) is 8.69. The molecular formula is C12H18N2O4S. The quantitative estimate of drug-likeness (QED) is 0.494. The molecule has 0 spiro atoms. The van der Waals surface area contributed by atoms with E-state index in [0.717, 1.165) is 6.26 Å². The summed E-state index contributed by atoms with van der Waals surface area (Å²) in [6.45, 7) is 2.57. The summed E-state index contributed by atoms with van der Waals surface area (Å²) in [5.41, 5.74) is 0. The van der Waals surface area contributed by atoms with Crippen molar-refractivity contribution in [2.24, 2.45) is 0 Å². The van der Waals surface area contributed by atoms with Crippen molar-refractivity contribution in [2.75, 3.05) is 39.7 Å². The Balaban J connectivity index is 2.34. The van der Waals surface area contributed by atoms with Crippen LogP contribution in [0.1, 0.15) is 0 Å². The predicted octanol–water partition coefficient (Wildman–Crippen LogP) is 0.299. The Morgan fingerprint density at radius 3 is 2.74 bits per heavy atom. The van der Waals surface area contributed by atoms with Gasteiger partial charge in [-0.05, 0) is 18.4 Å². The summed E-state index contributed by atoms with van der Waals surface area (Å²) < 4.78 is 32.8. The summed E-state index contributed by atoms with van der Waals surface area (Å²) in [7, 11) is -1.60. The number of hydrogen-bond acceptors (Lipinski definition) is 6. The van der Waals surface area contributed by atoms with Gasteiger partial charge in [-0.1, -0.05) is 0 Å². The third-order valence-corrected chi connectivity index (χ3v) is 3.53. The average Bonchev–Trinajstić information content (AvgIpc) is 2.26. The van der Waals surface area contributed by atoms with Gasteiger partial charge in [0.2, 0.25) is 0 Å². The van der Waals surface area contributed by atoms with Gasteiger partial charge in [0.25, 0.3) is 0 Å². The number of likely N-dealkylation sites (N-methyl/N-ethyl adjacent to an activating group) is 1. The second-order valence-electron chi connectivity index (χ2n) is 4.27. The minimum Gasteiger partial charge on any atom is -0.378 e. The Hall–Kier alpha value is -1.36. The molecule has 1 saturated heterocycles. The van der Waals surface area contributed by atoms with Crippen LogP contribution in [0.15, 0.2) is 23.3 Å². The van der Waals surface area contributed by atoms with Gasteiger partial charge in [-0.15, -0.1) is 0 Å². The standard InChI is InChI=1S/C12H18N2O4S/c1-14(6-7-18-11-9-17-10-11)5-3-4-12(8-13)19(2,15)16/h3-5,11H,6-7,9-10H2,1-2H3. The molecule has 0 unspecified atom stereocenters. The van der Waals surface area contributed by atoms with E-state index in [1.54, 1.807) is 12.3 Å². The number of rotatable bonds is 7. The maximum absolute atomic E-state index is 11.2. The lowest BCUT2D eigenvalue weighted by Gasteiger charge is -2.26. The van der Waals surface area contributed by atoms with E-state index < -0.39 is 9.84 Å². The van der Waals surface area contributed by atoms with Crippen LogP contribution in [0.3, 0.4) is 0 Å². The molecule has 1 aliphatic rings. The van der Waals surface area contributed by atoms with Crippen LogP contribution in [0.4, 0.5) is 0 Å². The van der Waals surface area contributed by atoms with E-state index in [-0.39, 0.29) is 11.0 Å². The number of nitriles is 1. The van der Waals surface area contributed by atoms with Crippen LogP contribution in [0, 0.1) is 11.3 Å². The largest absolute Gasteiger partial charge is 0.378 e. The molecule has 1 rings (SSSR count). The highest BCUT2D eigenvalue weighted by atomic mass is 32.2. The summed E-state index contributed by atoms with van der Waals surface area (Å²) in [5.74, 6) is 0. The van der Waals surface area contributed by atoms with Gasteiger partial charge in [-0.3, -0.25) is 0 Å². The van der Waals surface area contributed by atoms with Crippen molar-refractivity contribution in [3.05, 3.63) is 23.3 Å². The third-order valence-electron chi connectivity index (χ3n) is 2.50.